The second-order valence-electron chi connectivity index (χ2n) is 6.11. The summed E-state index contributed by atoms with van der Waals surface area (Å²) in [5.74, 6) is 0.232. The standard InChI is InChI=1S/C19H18N4OS/c1-12-5-10-16(21-12)18-17(15-4-2-3-11-20-15)22-19(25)23(18)13-6-8-14(24)9-7-13/h2-11,17-18,21,24H,1H3,(H,22,25)/t17-,18-/m0/s1. The van der Waals surface area contributed by atoms with Crippen LogP contribution in [0.3, 0.4) is 0 Å². The van der Waals surface area contributed by atoms with E-state index in [1.165, 1.54) is 0 Å². The Bertz CT molecular complexity index is 891. The van der Waals surface area contributed by atoms with E-state index in [0.717, 1.165) is 22.8 Å². The molecular weight excluding hydrogens is 332 g/mol. The van der Waals surface area contributed by atoms with Crippen molar-refractivity contribution in [1.29, 1.82) is 0 Å². The lowest BCUT2D eigenvalue weighted by Gasteiger charge is -2.27. The van der Waals surface area contributed by atoms with Crippen molar-refractivity contribution >= 4 is 23.0 Å². The zero-order valence-electron chi connectivity index (χ0n) is 13.7. The number of benzene rings is 1. The van der Waals surface area contributed by atoms with E-state index in [1.807, 2.05) is 37.3 Å². The smallest absolute Gasteiger partial charge is 0.174 e. The SMILES string of the molecule is Cc1ccc([C@H]2[C@H](c3ccccn3)NC(=S)N2c2ccc(O)cc2)[nH]1. The van der Waals surface area contributed by atoms with Crippen LogP contribution in [0.1, 0.15) is 29.2 Å². The zero-order valence-corrected chi connectivity index (χ0v) is 14.5. The van der Waals surface area contributed by atoms with Gasteiger partial charge in [-0.2, -0.15) is 0 Å². The first-order valence-corrected chi connectivity index (χ1v) is 8.49. The molecule has 1 saturated heterocycles. The fourth-order valence-corrected chi connectivity index (χ4v) is 3.61. The van der Waals surface area contributed by atoms with Gasteiger partial charge in [0.2, 0.25) is 0 Å². The number of nitrogens with zero attached hydrogens (tertiary/aromatic N) is 2. The number of aromatic hydroxyl groups is 1. The maximum absolute atomic E-state index is 9.60. The molecule has 1 aliphatic heterocycles. The molecule has 0 radical (unpaired) electrons. The van der Waals surface area contributed by atoms with Gasteiger partial charge in [0.1, 0.15) is 11.8 Å². The molecule has 0 amide bonds. The summed E-state index contributed by atoms with van der Waals surface area (Å²) in [5.41, 5.74) is 4.01. The molecule has 2 atom stereocenters. The summed E-state index contributed by atoms with van der Waals surface area (Å²) in [6.45, 7) is 2.03. The van der Waals surface area contributed by atoms with Gasteiger partial charge in [0, 0.05) is 23.3 Å². The lowest BCUT2D eigenvalue weighted by molar-refractivity contribution is 0.475. The maximum atomic E-state index is 9.60. The Morgan fingerprint density at radius 3 is 2.52 bits per heavy atom. The van der Waals surface area contributed by atoms with E-state index in [0.29, 0.717) is 5.11 Å². The van der Waals surface area contributed by atoms with E-state index in [9.17, 15) is 5.11 Å². The quantitative estimate of drug-likeness (QED) is 0.630. The Morgan fingerprint density at radius 2 is 1.88 bits per heavy atom. The van der Waals surface area contributed by atoms with Crippen molar-refractivity contribution < 1.29 is 5.11 Å². The van der Waals surface area contributed by atoms with Crippen LogP contribution in [0.25, 0.3) is 0 Å². The van der Waals surface area contributed by atoms with Gasteiger partial charge < -0.3 is 20.3 Å². The van der Waals surface area contributed by atoms with Crippen LogP contribution in [-0.2, 0) is 0 Å². The third-order valence-corrected chi connectivity index (χ3v) is 4.71. The van der Waals surface area contributed by atoms with E-state index >= 15 is 0 Å². The van der Waals surface area contributed by atoms with Crippen molar-refractivity contribution in [2.24, 2.45) is 0 Å². The number of aromatic nitrogens is 2. The summed E-state index contributed by atoms with van der Waals surface area (Å²) in [4.78, 5) is 10.0. The van der Waals surface area contributed by atoms with Crippen LogP contribution in [0, 0.1) is 6.92 Å². The molecule has 1 fully saturated rings. The molecule has 25 heavy (non-hydrogen) atoms. The molecule has 6 heteroatoms. The lowest BCUT2D eigenvalue weighted by Crippen LogP contribution is -2.29. The summed E-state index contributed by atoms with van der Waals surface area (Å²) < 4.78 is 0. The van der Waals surface area contributed by atoms with Gasteiger partial charge in [-0.25, -0.2) is 0 Å². The second-order valence-corrected chi connectivity index (χ2v) is 6.50. The largest absolute Gasteiger partial charge is 0.508 e. The summed E-state index contributed by atoms with van der Waals surface area (Å²) in [5, 5.41) is 13.6. The molecule has 2 aromatic heterocycles. The molecule has 126 valence electrons. The van der Waals surface area contributed by atoms with Gasteiger partial charge in [-0.1, -0.05) is 6.07 Å². The average Bonchev–Trinajstić information content (AvgIpc) is 3.20. The fourth-order valence-electron chi connectivity index (χ4n) is 3.26. The first-order valence-electron chi connectivity index (χ1n) is 8.09. The Hall–Kier alpha value is -2.86. The maximum Gasteiger partial charge on any atom is 0.174 e. The number of H-pyrrole nitrogens is 1. The highest BCUT2D eigenvalue weighted by atomic mass is 32.1. The highest BCUT2D eigenvalue weighted by molar-refractivity contribution is 7.80. The summed E-state index contributed by atoms with van der Waals surface area (Å²) in [7, 11) is 0. The third kappa shape index (κ3) is 2.85. The molecule has 5 nitrogen and oxygen atoms in total. The molecule has 1 aliphatic rings. The monoisotopic (exact) mass is 350 g/mol. The van der Waals surface area contributed by atoms with Gasteiger partial charge in [-0.15, -0.1) is 0 Å². The van der Waals surface area contributed by atoms with Crippen molar-refractivity contribution in [3.63, 3.8) is 0 Å². The topological polar surface area (TPSA) is 64.2 Å². The van der Waals surface area contributed by atoms with Crippen LogP contribution in [-0.4, -0.2) is 20.2 Å². The first-order chi connectivity index (χ1) is 12.1. The third-order valence-electron chi connectivity index (χ3n) is 4.40. The van der Waals surface area contributed by atoms with Gasteiger partial charge in [0.25, 0.3) is 0 Å². The van der Waals surface area contributed by atoms with Gasteiger partial charge in [-0.3, -0.25) is 4.98 Å². The van der Waals surface area contributed by atoms with Crippen LogP contribution in [0.2, 0.25) is 0 Å². The van der Waals surface area contributed by atoms with Crippen LogP contribution in [0.15, 0.2) is 60.8 Å². The van der Waals surface area contributed by atoms with Crippen molar-refractivity contribution in [3.05, 3.63) is 77.9 Å². The normalized spacial score (nSPS) is 19.9. The summed E-state index contributed by atoms with van der Waals surface area (Å²) in [6, 6.07) is 17.0. The lowest BCUT2D eigenvalue weighted by atomic mass is 10.0. The van der Waals surface area contributed by atoms with Crippen LogP contribution < -0.4 is 10.2 Å². The molecular formula is C19H18N4OS. The predicted molar refractivity (Wildman–Crippen MR) is 102 cm³/mol. The number of aromatic amines is 1. The summed E-state index contributed by atoms with van der Waals surface area (Å²) in [6.07, 6.45) is 1.79. The zero-order chi connectivity index (χ0) is 17.4. The second kappa shape index (κ2) is 6.22. The van der Waals surface area contributed by atoms with E-state index in [1.54, 1.807) is 18.3 Å². The van der Waals surface area contributed by atoms with E-state index in [4.69, 9.17) is 12.2 Å². The molecule has 3 heterocycles. The summed E-state index contributed by atoms with van der Waals surface area (Å²) >= 11 is 5.63. The van der Waals surface area contributed by atoms with Crippen molar-refractivity contribution in [2.75, 3.05) is 4.90 Å². The molecule has 1 aromatic carbocycles. The Kier molecular flexibility index (Phi) is 3.89. The number of nitrogens with one attached hydrogen (secondary N) is 2. The van der Waals surface area contributed by atoms with Gasteiger partial charge in [-0.05, 0) is 67.7 Å². The number of anilines is 1. The van der Waals surface area contributed by atoms with Crippen LogP contribution in [0.4, 0.5) is 5.69 Å². The van der Waals surface area contributed by atoms with Gasteiger partial charge in [0.15, 0.2) is 5.11 Å². The van der Waals surface area contributed by atoms with Gasteiger partial charge >= 0.3 is 0 Å². The van der Waals surface area contributed by atoms with Gasteiger partial charge in [0.05, 0.1) is 11.7 Å². The number of phenolic OH excluding ortho intramolecular Hbond substituents is 1. The Labute approximate surface area is 151 Å². The molecule has 3 aromatic rings. The highest BCUT2D eigenvalue weighted by Gasteiger charge is 2.41. The molecule has 0 spiro atoms. The minimum absolute atomic E-state index is 0.0550. The first kappa shape index (κ1) is 15.7. The highest BCUT2D eigenvalue weighted by Crippen LogP contribution is 2.41. The molecule has 0 unspecified atom stereocenters. The molecule has 4 rings (SSSR count). The van der Waals surface area contributed by atoms with E-state index in [2.05, 4.69) is 32.3 Å². The van der Waals surface area contributed by atoms with Crippen molar-refractivity contribution in [1.82, 2.24) is 15.3 Å². The minimum Gasteiger partial charge on any atom is -0.508 e. The number of aryl methyl sites for hydroxylation is 1. The number of thiocarbonyl (C=S) groups is 1. The molecule has 3 N–H and O–H groups in total. The van der Waals surface area contributed by atoms with E-state index in [-0.39, 0.29) is 17.8 Å². The number of phenols is 1. The van der Waals surface area contributed by atoms with Crippen molar-refractivity contribution in [2.45, 2.75) is 19.0 Å². The van der Waals surface area contributed by atoms with Crippen LogP contribution >= 0.6 is 12.2 Å². The number of hydrogen-bond acceptors (Lipinski definition) is 3. The number of hydrogen-bond donors (Lipinski definition) is 3. The van der Waals surface area contributed by atoms with Crippen LogP contribution in [0.5, 0.6) is 5.75 Å². The molecule has 0 saturated carbocycles. The van der Waals surface area contributed by atoms with E-state index < -0.39 is 0 Å². The van der Waals surface area contributed by atoms with Crippen molar-refractivity contribution in [3.8, 4) is 5.75 Å². The number of pyridine rings is 1. The fraction of sp³-hybridized carbons (Fsp3) is 0.158. The number of rotatable bonds is 3. The predicted octanol–water partition coefficient (Wildman–Crippen LogP) is 3.60. The Balaban J connectivity index is 1.81. The Morgan fingerprint density at radius 1 is 1.08 bits per heavy atom. The molecule has 0 aliphatic carbocycles. The average molecular weight is 350 g/mol. The minimum atomic E-state index is -0.0689. The molecule has 0 bridgehead atoms.